The van der Waals surface area contributed by atoms with Crippen LogP contribution in [0.15, 0.2) is 36.4 Å². The van der Waals surface area contributed by atoms with Crippen molar-refractivity contribution < 1.29 is 33.8 Å². The van der Waals surface area contributed by atoms with Crippen LogP contribution in [-0.4, -0.2) is 93.7 Å². The highest BCUT2D eigenvalue weighted by molar-refractivity contribution is 5.96. The van der Waals surface area contributed by atoms with Gasteiger partial charge < -0.3 is 29.7 Å². The highest BCUT2D eigenvalue weighted by atomic mass is 16.6. The van der Waals surface area contributed by atoms with E-state index in [-0.39, 0.29) is 62.6 Å². The first-order valence-corrected chi connectivity index (χ1v) is 14.5. The van der Waals surface area contributed by atoms with E-state index >= 15 is 0 Å². The summed E-state index contributed by atoms with van der Waals surface area (Å²) in [5.41, 5.74) is 0.717. The molecule has 1 saturated heterocycles. The first kappa shape index (κ1) is 30.7. The van der Waals surface area contributed by atoms with Crippen molar-refractivity contribution in [2.45, 2.75) is 64.5 Å². The Kier molecular flexibility index (Phi) is 10.7. The van der Waals surface area contributed by atoms with E-state index in [4.69, 9.17) is 9.47 Å². The SMILES string of the molecule is CC(C)COC(=O)N1CCN(C(=O)C(CCC(=O)O)NC(=O)c2cc(OC3CCCC3)nc(-c3ccccc3)n2)CC1. The highest BCUT2D eigenvalue weighted by Crippen LogP contribution is 2.25. The summed E-state index contributed by atoms with van der Waals surface area (Å²) in [5, 5.41) is 12.0. The van der Waals surface area contributed by atoms with E-state index in [1.807, 2.05) is 44.2 Å². The van der Waals surface area contributed by atoms with Gasteiger partial charge in [0.2, 0.25) is 11.8 Å². The molecule has 2 fully saturated rings. The van der Waals surface area contributed by atoms with Crippen LogP contribution >= 0.6 is 0 Å². The van der Waals surface area contributed by atoms with Gasteiger partial charge in [-0.05, 0) is 38.0 Å². The summed E-state index contributed by atoms with van der Waals surface area (Å²) in [6, 6.07) is 9.56. The molecule has 12 nitrogen and oxygen atoms in total. The van der Waals surface area contributed by atoms with E-state index in [0.29, 0.717) is 18.0 Å². The molecule has 1 aliphatic carbocycles. The summed E-state index contributed by atoms with van der Waals surface area (Å²) in [7, 11) is 0. The van der Waals surface area contributed by atoms with Crippen molar-refractivity contribution in [3.05, 3.63) is 42.1 Å². The lowest BCUT2D eigenvalue weighted by molar-refractivity contribution is -0.138. The first-order valence-electron chi connectivity index (χ1n) is 14.5. The molecule has 0 bridgehead atoms. The quantitative estimate of drug-likeness (QED) is 0.407. The molecule has 2 N–H and O–H groups in total. The second-order valence-electron chi connectivity index (χ2n) is 11.0. The van der Waals surface area contributed by atoms with Crippen molar-refractivity contribution in [1.29, 1.82) is 0 Å². The van der Waals surface area contributed by atoms with Gasteiger partial charge in [0.15, 0.2) is 5.82 Å². The predicted molar refractivity (Wildman–Crippen MR) is 153 cm³/mol. The molecule has 1 atom stereocenters. The van der Waals surface area contributed by atoms with Crippen molar-refractivity contribution in [2.24, 2.45) is 5.92 Å². The van der Waals surface area contributed by atoms with Crippen molar-refractivity contribution in [2.75, 3.05) is 32.8 Å². The lowest BCUT2D eigenvalue weighted by atomic mass is 10.1. The number of piperazine rings is 1. The number of carboxylic acids is 1. The molecule has 42 heavy (non-hydrogen) atoms. The average molecular weight is 582 g/mol. The topological polar surface area (TPSA) is 151 Å². The molecule has 1 saturated carbocycles. The lowest BCUT2D eigenvalue weighted by Gasteiger charge is -2.36. The van der Waals surface area contributed by atoms with Crippen LogP contribution in [-0.2, 0) is 14.3 Å². The van der Waals surface area contributed by atoms with Gasteiger partial charge in [0, 0.05) is 44.2 Å². The summed E-state index contributed by atoms with van der Waals surface area (Å²) in [4.78, 5) is 62.7. The number of amides is 3. The number of hydrogen-bond acceptors (Lipinski definition) is 8. The number of carbonyl (C=O) groups is 4. The zero-order chi connectivity index (χ0) is 30.1. The monoisotopic (exact) mass is 581 g/mol. The molecular weight excluding hydrogens is 542 g/mol. The number of ether oxygens (including phenoxy) is 2. The van der Waals surface area contributed by atoms with E-state index < -0.39 is 29.9 Å². The summed E-state index contributed by atoms with van der Waals surface area (Å²) in [6.07, 6.45) is 3.10. The van der Waals surface area contributed by atoms with Gasteiger partial charge in [-0.25, -0.2) is 9.78 Å². The lowest BCUT2D eigenvalue weighted by Crippen LogP contribution is -2.56. The predicted octanol–water partition coefficient (Wildman–Crippen LogP) is 3.37. The van der Waals surface area contributed by atoms with Crippen LogP contribution in [0.4, 0.5) is 4.79 Å². The number of hydrogen-bond donors (Lipinski definition) is 2. The molecule has 3 amide bonds. The fraction of sp³-hybridized carbons (Fsp3) is 0.533. The third-order valence-electron chi connectivity index (χ3n) is 7.20. The third-order valence-corrected chi connectivity index (χ3v) is 7.20. The molecule has 2 aromatic rings. The van der Waals surface area contributed by atoms with Crippen LogP contribution in [0.3, 0.4) is 0 Å². The number of nitrogens with zero attached hydrogens (tertiary/aromatic N) is 4. The van der Waals surface area contributed by atoms with Gasteiger partial charge in [-0.1, -0.05) is 44.2 Å². The first-order chi connectivity index (χ1) is 20.2. The summed E-state index contributed by atoms with van der Waals surface area (Å²) in [5.74, 6) is -1.34. The zero-order valence-electron chi connectivity index (χ0n) is 24.2. The largest absolute Gasteiger partial charge is 0.481 e. The maximum atomic E-state index is 13.5. The van der Waals surface area contributed by atoms with Gasteiger partial charge >= 0.3 is 12.1 Å². The molecule has 226 valence electrons. The number of carbonyl (C=O) groups excluding carboxylic acids is 3. The fourth-order valence-corrected chi connectivity index (χ4v) is 4.91. The van der Waals surface area contributed by atoms with Crippen molar-refractivity contribution in [3.63, 3.8) is 0 Å². The van der Waals surface area contributed by atoms with Crippen LogP contribution in [0.5, 0.6) is 5.88 Å². The Morgan fingerprint density at radius 1 is 1.00 bits per heavy atom. The van der Waals surface area contributed by atoms with Crippen molar-refractivity contribution in [3.8, 4) is 17.3 Å². The van der Waals surface area contributed by atoms with E-state index in [1.54, 1.807) is 0 Å². The maximum Gasteiger partial charge on any atom is 0.409 e. The van der Waals surface area contributed by atoms with Gasteiger partial charge in [0.05, 0.1) is 6.61 Å². The van der Waals surface area contributed by atoms with E-state index in [1.165, 1.54) is 15.9 Å². The normalized spacial score (nSPS) is 16.3. The Morgan fingerprint density at radius 2 is 1.67 bits per heavy atom. The van der Waals surface area contributed by atoms with Crippen LogP contribution in [0, 0.1) is 5.92 Å². The van der Waals surface area contributed by atoms with Gasteiger partial charge in [-0.3, -0.25) is 14.4 Å². The molecule has 0 spiro atoms. The maximum absolute atomic E-state index is 13.5. The van der Waals surface area contributed by atoms with Gasteiger partial charge in [-0.15, -0.1) is 0 Å². The second kappa shape index (κ2) is 14.6. The Hall–Kier alpha value is -4.22. The number of aliphatic carboxylic acids is 1. The third kappa shape index (κ3) is 8.64. The van der Waals surface area contributed by atoms with Gasteiger partial charge in [-0.2, -0.15) is 4.98 Å². The number of nitrogens with one attached hydrogen (secondary N) is 1. The minimum absolute atomic E-state index is 0.00523. The molecule has 12 heteroatoms. The second-order valence-corrected chi connectivity index (χ2v) is 11.0. The smallest absolute Gasteiger partial charge is 0.409 e. The van der Waals surface area contributed by atoms with Crippen LogP contribution in [0.1, 0.15) is 62.9 Å². The van der Waals surface area contributed by atoms with E-state index in [9.17, 15) is 24.3 Å². The summed E-state index contributed by atoms with van der Waals surface area (Å²) < 4.78 is 11.4. The highest BCUT2D eigenvalue weighted by Gasteiger charge is 2.31. The van der Waals surface area contributed by atoms with E-state index in [2.05, 4.69) is 15.3 Å². The van der Waals surface area contributed by atoms with Gasteiger partial charge in [0.1, 0.15) is 17.8 Å². The Bertz CT molecular complexity index is 1240. The number of aromatic nitrogens is 2. The van der Waals surface area contributed by atoms with Crippen LogP contribution < -0.4 is 10.1 Å². The standard InChI is InChI=1S/C30H39N5O7/c1-20(2)19-41-30(40)35-16-14-34(15-17-35)29(39)23(12-13-26(36)37)32-28(38)24-18-25(42-22-10-6-7-11-22)33-27(31-24)21-8-4-3-5-9-21/h3-5,8-9,18,20,22-23H,6-7,10-17,19H2,1-2H3,(H,32,38)(H,36,37). The summed E-state index contributed by atoms with van der Waals surface area (Å²) in [6.45, 7) is 5.22. The molecule has 2 heterocycles. The number of benzene rings is 1. The van der Waals surface area contributed by atoms with Crippen molar-refractivity contribution in [1.82, 2.24) is 25.1 Å². The van der Waals surface area contributed by atoms with Crippen LogP contribution in [0.2, 0.25) is 0 Å². The Labute approximate surface area is 245 Å². The zero-order valence-corrected chi connectivity index (χ0v) is 24.2. The minimum Gasteiger partial charge on any atom is -0.481 e. The molecule has 1 aromatic carbocycles. The van der Waals surface area contributed by atoms with Gasteiger partial charge in [0.25, 0.3) is 5.91 Å². The van der Waals surface area contributed by atoms with Crippen LogP contribution in [0.25, 0.3) is 11.4 Å². The molecule has 2 aliphatic rings. The Morgan fingerprint density at radius 3 is 2.31 bits per heavy atom. The number of rotatable bonds is 11. The average Bonchev–Trinajstić information content (AvgIpc) is 3.50. The fourth-order valence-electron chi connectivity index (χ4n) is 4.91. The molecule has 1 aliphatic heterocycles. The Balaban J connectivity index is 1.48. The summed E-state index contributed by atoms with van der Waals surface area (Å²) >= 11 is 0. The molecule has 4 rings (SSSR count). The molecule has 0 radical (unpaired) electrons. The number of carboxylic acid groups (broad SMARTS) is 1. The molecular formula is C30H39N5O7. The molecule has 1 unspecified atom stereocenters. The van der Waals surface area contributed by atoms with Crippen molar-refractivity contribution >= 4 is 23.9 Å². The molecule has 1 aromatic heterocycles. The van der Waals surface area contributed by atoms with E-state index in [0.717, 1.165) is 25.7 Å². The minimum atomic E-state index is -1.10.